The molecule has 0 saturated carbocycles. The molecule has 10 heteroatoms. The highest BCUT2D eigenvalue weighted by atomic mass is 35.5. The van der Waals surface area contributed by atoms with Gasteiger partial charge in [0.1, 0.15) is 11.3 Å². The van der Waals surface area contributed by atoms with Crippen LogP contribution in [0.15, 0.2) is 47.5 Å². The number of halogens is 1. The number of aromatic nitrogens is 4. The van der Waals surface area contributed by atoms with Crippen molar-refractivity contribution in [3.8, 4) is 16.9 Å². The Hall–Kier alpha value is -3.01. The van der Waals surface area contributed by atoms with Crippen LogP contribution in [0.5, 0.6) is 0 Å². The maximum atomic E-state index is 12.9. The van der Waals surface area contributed by atoms with E-state index in [1.807, 2.05) is 6.92 Å². The normalized spacial score (nSPS) is 12.0. The summed E-state index contributed by atoms with van der Waals surface area (Å²) in [6.45, 7) is 1.81. The number of carbonyl (C=O) groups is 1. The lowest BCUT2D eigenvalue weighted by Crippen LogP contribution is -2.38. The number of aliphatic hydroxyl groups is 2. The molecule has 1 atom stereocenters. The molecular weight excluding hydrogens is 398 g/mol. The van der Waals surface area contributed by atoms with Crippen LogP contribution in [0.2, 0.25) is 5.02 Å². The quantitative estimate of drug-likeness (QED) is 0.524. The van der Waals surface area contributed by atoms with Gasteiger partial charge in [0.15, 0.2) is 0 Å². The van der Waals surface area contributed by atoms with Crippen molar-refractivity contribution in [3.05, 3.63) is 63.7 Å². The van der Waals surface area contributed by atoms with Gasteiger partial charge < -0.3 is 15.5 Å². The number of hydrogen-bond acceptors (Lipinski definition) is 6. The van der Waals surface area contributed by atoms with Gasteiger partial charge in [0, 0.05) is 23.7 Å². The van der Waals surface area contributed by atoms with Crippen LogP contribution in [0.3, 0.4) is 0 Å². The molecule has 29 heavy (non-hydrogen) atoms. The van der Waals surface area contributed by atoms with Crippen molar-refractivity contribution >= 4 is 17.5 Å². The third-order valence-corrected chi connectivity index (χ3v) is 4.45. The summed E-state index contributed by atoms with van der Waals surface area (Å²) in [5, 5.41) is 29.9. The van der Waals surface area contributed by atoms with Crippen LogP contribution >= 0.6 is 11.6 Å². The molecule has 3 rings (SSSR count). The van der Waals surface area contributed by atoms with Crippen LogP contribution in [0.1, 0.15) is 17.3 Å². The fraction of sp³-hybridized carbons (Fsp3) is 0.263. The smallest absolute Gasteiger partial charge is 0.284 e. The van der Waals surface area contributed by atoms with E-state index in [1.165, 1.54) is 12.3 Å². The number of aliphatic hydroxyl groups excluding tert-OH is 2. The van der Waals surface area contributed by atoms with Gasteiger partial charge in [-0.05, 0) is 25.1 Å². The number of hydrogen-bond donors (Lipinski definition) is 3. The van der Waals surface area contributed by atoms with Crippen molar-refractivity contribution in [2.75, 3.05) is 13.2 Å². The summed E-state index contributed by atoms with van der Waals surface area (Å²) in [6.07, 6.45) is 2.01. The third-order valence-electron chi connectivity index (χ3n) is 4.19. The average Bonchev–Trinajstić information content (AvgIpc) is 3.21. The zero-order chi connectivity index (χ0) is 21.0. The van der Waals surface area contributed by atoms with E-state index in [1.54, 1.807) is 35.1 Å². The van der Waals surface area contributed by atoms with Crippen molar-refractivity contribution in [2.24, 2.45) is 0 Å². The van der Waals surface area contributed by atoms with E-state index in [0.717, 1.165) is 4.68 Å². The summed E-state index contributed by atoms with van der Waals surface area (Å²) < 4.78 is 2.75. The van der Waals surface area contributed by atoms with Gasteiger partial charge in [0.25, 0.3) is 11.5 Å². The van der Waals surface area contributed by atoms with Gasteiger partial charge in [-0.1, -0.05) is 23.7 Å². The monoisotopic (exact) mass is 417 g/mol. The molecule has 0 aliphatic rings. The molecule has 0 bridgehead atoms. The van der Waals surface area contributed by atoms with Crippen LogP contribution in [0.4, 0.5) is 0 Å². The maximum Gasteiger partial charge on any atom is 0.284 e. The molecule has 152 valence electrons. The summed E-state index contributed by atoms with van der Waals surface area (Å²) in [4.78, 5) is 25.5. The van der Waals surface area contributed by atoms with Crippen LogP contribution in [-0.2, 0) is 6.54 Å². The van der Waals surface area contributed by atoms with Gasteiger partial charge in [-0.3, -0.25) is 14.3 Å². The molecular formula is C19H20ClN5O4. The van der Waals surface area contributed by atoms with Crippen LogP contribution in [0, 0.1) is 0 Å². The van der Waals surface area contributed by atoms with Gasteiger partial charge in [-0.2, -0.15) is 14.9 Å². The van der Waals surface area contributed by atoms with Crippen molar-refractivity contribution in [3.63, 3.8) is 0 Å². The second kappa shape index (κ2) is 8.99. The maximum absolute atomic E-state index is 12.9. The number of nitrogens with one attached hydrogen (secondary N) is 1. The lowest BCUT2D eigenvalue weighted by Gasteiger charge is -2.11. The summed E-state index contributed by atoms with van der Waals surface area (Å²) in [6, 6.07) is 8.20. The van der Waals surface area contributed by atoms with E-state index in [2.05, 4.69) is 15.5 Å². The Labute approximate surface area is 171 Å². The molecule has 0 fully saturated rings. The van der Waals surface area contributed by atoms with E-state index in [0.29, 0.717) is 28.5 Å². The predicted octanol–water partition coefficient (Wildman–Crippen LogP) is 0.852. The topological polar surface area (TPSA) is 122 Å². The first-order valence-corrected chi connectivity index (χ1v) is 9.31. The number of benzene rings is 1. The van der Waals surface area contributed by atoms with Crippen molar-refractivity contribution in [2.45, 2.75) is 19.6 Å². The van der Waals surface area contributed by atoms with Gasteiger partial charge in [0.05, 0.1) is 30.8 Å². The molecule has 3 aromatic rings. The van der Waals surface area contributed by atoms with Crippen molar-refractivity contribution in [1.82, 2.24) is 24.9 Å². The van der Waals surface area contributed by atoms with E-state index >= 15 is 0 Å². The first kappa shape index (κ1) is 20.7. The lowest BCUT2D eigenvalue weighted by molar-refractivity contribution is 0.0800. The summed E-state index contributed by atoms with van der Waals surface area (Å²) in [7, 11) is 0. The van der Waals surface area contributed by atoms with E-state index in [9.17, 15) is 14.7 Å². The highest BCUT2D eigenvalue weighted by molar-refractivity contribution is 6.30. The Morgan fingerprint density at radius 3 is 2.66 bits per heavy atom. The summed E-state index contributed by atoms with van der Waals surface area (Å²) in [5.74, 6) is -0.684. The molecule has 0 aliphatic carbocycles. The zero-order valence-corrected chi connectivity index (χ0v) is 16.4. The second-order valence-corrected chi connectivity index (χ2v) is 6.70. The first-order chi connectivity index (χ1) is 13.9. The minimum absolute atomic E-state index is 0.153. The minimum Gasteiger partial charge on any atom is -0.394 e. The molecule has 0 spiro atoms. The molecule has 3 N–H and O–H groups in total. The van der Waals surface area contributed by atoms with E-state index in [-0.39, 0.29) is 12.1 Å². The van der Waals surface area contributed by atoms with Crippen molar-refractivity contribution in [1.29, 1.82) is 0 Å². The van der Waals surface area contributed by atoms with Crippen LogP contribution in [-0.4, -0.2) is 54.9 Å². The predicted molar refractivity (Wildman–Crippen MR) is 107 cm³/mol. The molecule has 2 aromatic heterocycles. The molecule has 0 radical (unpaired) electrons. The number of rotatable bonds is 7. The molecule has 0 saturated heterocycles. The largest absolute Gasteiger partial charge is 0.394 e. The first-order valence-electron chi connectivity index (χ1n) is 8.93. The Morgan fingerprint density at radius 2 is 2.03 bits per heavy atom. The van der Waals surface area contributed by atoms with Gasteiger partial charge in [-0.25, -0.2) is 0 Å². The number of carbonyl (C=O) groups excluding carboxylic acids is 1. The second-order valence-electron chi connectivity index (χ2n) is 6.27. The molecule has 0 unspecified atom stereocenters. The van der Waals surface area contributed by atoms with Gasteiger partial charge in [0.2, 0.25) is 0 Å². The molecule has 1 amide bonds. The number of nitrogens with zero attached hydrogens (tertiary/aromatic N) is 4. The SMILES string of the molecule is CCn1cc(-n2nc(-c3ccc(Cl)cc3)cc(C(=O)NC[C@H](O)CO)c2=O)cn1. The fourth-order valence-corrected chi connectivity index (χ4v) is 2.73. The average molecular weight is 418 g/mol. The Balaban J connectivity index is 2.09. The number of amides is 1. The Bertz CT molecular complexity index is 1060. The van der Waals surface area contributed by atoms with Crippen LogP contribution in [0.25, 0.3) is 16.9 Å². The minimum atomic E-state index is -1.12. The Kier molecular flexibility index (Phi) is 6.42. The lowest BCUT2D eigenvalue weighted by atomic mass is 10.1. The zero-order valence-electron chi connectivity index (χ0n) is 15.6. The van der Waals surface area contributed by atoms with Crippen LogP contribution < -0.4 is 10.9 Å². The molecule has 1 aromatic carbocycles. The molecule has 0 aliphatic heterocycles. The molecule has 9 nitrogen and oxygen atoms in total. The van der Waals surface area contributed by atoms with E-state index in [4.69, 9.17) is 16.7 Å². The Morgan fingerprint density at radius 1 is 1.31 bits per heavy atom. The number of aryl methyl sites for hydroxylation is 1. The summed E-state index contributed by atoms with van der Waals surface area (Å²) in [5.41, 5.74) is 0.680. The highest BCUT2D eigenvalue weighted by Crippen LogP contribution is 2.20. The molecule has 2 heterocycles. The summed E-state index contributed by atoms with van der Waals surface area (Å²) >= 11 is 5.94. The van der Waals surface area contributed by atoms with E-state index < -0.39 is 24.2 Å². The standard InChI is InChI=1S/C19H20ClN5O4/c1-2-24-10-14(8-22-24)25-19(29)16(18(28)21-9-15(27)11-26)7-17(23-25)12-3-5-13(20)6-4-12/h3-8,10,15,26-27H,2,9,11H2,1H3,(H,21,28)/t15-/m0/s1. The van der Waals surface area contributed by atoms with Crippen molar-refractivity contribution < 1.29 is 15.0 Å². The fourth-order valence-electron chi connectivity index (χ4n) is 2.60. The van der Waals surface area contributed by atoms with Gasteiger partial charge >= 0.3 is 0 Å². The van der Waals surface area contributed by atoms with Gasteiger partial charge in [-0.15, -0.1) is 0 Å². The highest BCUT2D eigenvalue weighted by Gasteiger charge is 2.19. The third kappa shape index (κ3) is 4.70.